The van der Waals surface area contributed by atoms with E-state index in [0.29, 0.717) is 5.02 Å². The van der Waals surface area contributed by atoms with E-state index in [1.807, 2.05) is 36.4 Å². The molecule has 0 unspecified atom stereocenters. The molecule has 2 aromatic rings. The van der Waals surface area contributed by atoms with Crippen molar-refractivity contribution >= 4 is 28.9 Å². The average Bonchev–Trinajstić information content (AvgIpc) is 3.45. The van der Waals surface area contributed by atoms with Crippen LogP contribution in [0.15, 0.2) is 48.5 Å². The molecule has 0 bridgehead atoms. The molecule has 0 radical (unpaired) electrons. The lowest BCUT2D eigenvalue weighted by Gasteiger charge is -2.29. The minimum atomic E-state index is -0.423. The molecule has 4 rings (SSSR count). The molecule has 1 N–H and O–H groups in total. The summed E-state index contributed by atoms with van der Waals surface area (Å²) in [6.45, 7) is 3.34. The normalized spacial score (nSPS) is 18.7. The van der Waals surface area contributed by atoms with Gasteiger partial charge in [-0.2, -0.15) is 0 Å². The molecule has 1 aliphatic heterocycles. The maximum absolute atomic E-state index is 12.8. The van der Waals surface area contributed by atoms with E-state index in [1.54, 1.807) is 0 Å². The lowest BCUT2D eigenvalue weighted by atomic mass is 9.95. The summed E-state index contributed by atoms with van der Waals surface area (Å²) in [6, 6.07) is 15.7. The Labute approximate surface area is 152 Å². The average molecular weight is 357 g/mol. The molecular formula is C20H21ClN2O2. The zero-order valence-electron chi connectivity index (χ0n) is 14.0. The number of anilines is 2. The van der Waals surface area contributed by atoms with E-state index in [4.69, 9.17) is 16.3 Å². The lowest BCUT2D eigenvalue weighted by molar-refractivity contribution is -0.118. The van der Waals surface area contributed by atoms with Gasteiger partial charge in [0, 0.05) is 29.5 Å². The molecule has 1 saturated carbocycles. The third kappa shape index (κ3) is 3.37. The van der Waals surface area contributed by atoms with Gasteiger partial charge in [-0.1, -0.05) is 23.7 Å². The van der Waals surface area contributed by atoms with Gasteiger partial charge in [0.15, 0.2) is 0 Å². The van der Waals surface area contributed by atoms with E-state index in [9.17, 15) is 4.79 Å². The van der Waals surface area contributed by atoms with E-state index < -0.39 is 5.41 Å². The first-order valence-electron chi connectivity index (χ1n) is 8.68. The number of rotatable bonds is 4. The van der Waals surface area contributed by atoms with E-state index in [-0.39, 0.29) is 5.91 Å². The number of benzene rings is 2. The predicted octanol–water partition coefficient (Wildman–Crippen LogP) is 3.85. The molecule has 5 heteroatoms. The van der Waals surface area contributed by atoms with Crippen LogP contribution in [0.5, 0.6) is 0 Å². The van der Waals surface area contributed by atoms with E-state index in [2.05, 4.69) is 22.3 Å². The van der Waals surface area contributed by atoms with Gasteiger partial charge in [-0.05, 0) is 54.8 Å². The lowest BCUT2D eigenvalue weighted by Crippen LogP contribution is -2.36. The topological polar surface area (TPSA) is 41.6 Å². The van der Waals surface area contributed by atoms with Gasteiger partial charge in [0.1, 0.15) is 0 Å². The number of carbonyl (C=O) groups excluding carboxylic acids is 1. The van der Waals surface area contributed by atoms with Gasteiger partial charge in [-0.25, -0.2) is 0 Å². The zero-order chi connectivity index (χ0) is 17.3. The number of morpholine rings is 1. The van der Waals surface area contributed by atoms with Crippen LogP contribution in [0.25, 0.3) is 0 Å². The van der Waals surface area contributed by atoms with Crippen molar-refractivity contribution in [3.8, 4) is 0 Å². The fourth-order valence-corrected chi connectivity index (χ4v) is 3.58. The highest BCUT2D eigenvalue weighted by atomic mass is 35.5. The molecule has 0 aromatic heterocycles. The van der Waals surface area contributed by atoms with Crippen LogP contribution in [0.2, 0.25) is 5.02 Å². The van der Waals surface area contributed by atoms with Crippen molar-refractivity contribution in [2.45, 2.75) is 18.3 Å². The Bertz CT molecular complexity index is 766. The van der Waals surface area contributed by atoms with Crippen LogP contribution >= 0.6 is 11.6 Å². The first-order chi connectivity index (χ1) is 12.2. The van der Waals surface area contributed by atoms with Crippen LogP contribution in [-0.4, -0.2) is 32.2 Å². The SMILES string of the molecule is O=C(Nc1ccc(N2CCOCC2)cc1)C1(c2cccc(Cl)c2)CC1. The third-order valence-corrected chi connectivity index (χ3v) is 5.30. The highest BCUT2D eigenvalue weighted by Gasteiger charge is 2.51. The summed E-state index contributed by atoms with van der Waals surface area (Å²) in [4.78, 5) is 15.1. The minimum absolute atomic E-state index is 0.0499. The van der Waals surface area contributed by atoms with E-state index in [0.717, 1.165) is 56.1 Å². The van der Waals surface area contributed by atoms with E-state index >= 15 is 0 Å². The molecule has 4 nitrogen and oxygen atoms in total. The molecule has 2 aliphatic rings. The van der Waals surface area contributed by atoms with Gasteiger partial charge in [0.05, 0.1) is 18.6 Å². The minimum Gasteiger partial charge on any atom is -0.378 e. The maximum atomic E-state index is 12.8. The largest absolute Gasteiger partial charge is 0.378 e. The van der Waals surface area contributed by atoms with Crippen molar-refractivity contribution in [2.75, 3.05) is 36.5 Å². The van der Waals surface area contributed by atoms with Crippen molar-refractivity contribution in [2.24, 2.45) is 0 Å². The number of hydrogen-bond donors (Lipinski definition) is 1. The number of nitrogens with zero attached hydrogens (tertiary/aromatic N) is 1. The molecule has 25 heavy (non-hydrogen) atoms. The molecule has 1 saturated heterocycles. The highest BCUT2D eigenvalue weighted by Crippen LogP contribution is 2.49. The van der Waals surface area contributed by atoms with Crippen LogP contribution in [-0.2, 0) is 14.9 Å². The fourth-order valence-electron chi connectivity index (χ4n) is 3.39. The van der Waals surface area contributed by atoms with Gasteiger partial charge in [0.25, 0.3) is 0 Å². The molecule has 1 amide bonds. The molecule has 0 spiro atoms. The first-order valence-corrected chi connectivity index (χ1v) is 9.05. The summed E-state index contributed by atoms with van der Waals surface area (Å²) in [5.41, 5.74) is 2.57. The van der Waals surface area contributed by atoms with E-state index in [1.165, 1.54) is 0 Å². The number of ether oxygens (including phenoxy) is 1. The monoisotopic (exact) mass is 356 g/mol. The Morgan fingerprint density at radius 3 is 2.44 bits per heavy atom. The summed E-state index contributed by atoms with van der Waals surface area (Å²) in [5.74, 6) is 0.0499. The van der Waals surface area contributed by atoms with Crippen LogP contribution < -0.4 is 10.2 Å². The number of hydrogen-bond acceptors (Lipinski definition) is 3. The summed E-state index contributed by atoms with van der Waals surface area (Å²) < 4.78 is 5.38. The Morgan fingerprint density at radius 2 is 1.80 bits per heavy atom. The molecule has 130 valence electrons. The summed E-state index contributed by atoms with van der Waals surface area (Å²) in [6.07, 6.45) is 1.73. The molecule has 2 aromatic carbocycles. The molecule has 2 fully saturated rings. The molecular weight excluding hydrogens is 336 g/mol. The van der Waals surface area contributed by atoms with Crippen molar-refractivity contribution in [1.29, 1.82) is 0 Å². The Morgan fingerprint density at radius 1 is 1.08 bits per heavy atom. The van der Waals surface area contributed by atoms with Crippen LogP contribution in [0, 0.1) is 0 Å². The Kier molecular flexibility index (Phi) is 4.40. The van der Waals surface area contributed by atoms with Gasteiger partial charge >= 0.3 is 0 Å². The summed E-state index contributed by atoms with van der Waals surface area (Å²) in [5, 5.41) is 3.74. The number of amides is 1. The van der Waals surface area contributed by atoms with Crippen LogP contribution in [0.3, 0.4) is 0 Å². The summed E-state index contributed by atoms with van der Waals surface area (Å²) in [7, 11) is 0. The maximum Gasteiger partial charge on any atom is 0.235 e. The molecule has 1 heterocycles. The fraction of sp³-hybridized carbons (Fsp3) is 0.350. The quantitative estimate of drug-likeness (QED) is 0.904. The van der Waals surface area contributed by atoms with Crippen molar-refractivity contribution in [3.05, 3.63) is 59.1 Å². The molecule has 0 atom stereocenters. The predicted molar refractivity (Wildman–Crippen MR) is 100 cm³/mol. The number of carbonyl (C=O) groups is 1. The van der Waals surface area contributed by atoms with Crippen LogP contribution in [0.1, 0.15) is 18.4 Å². The standard InChI is InChI=1S/C20H21ClN2O2/c21-16-3-1-2-15(14-16)20(8-9-20)19(24)22-17-4-6-18(7-5-17)23-10-12-25-13-11-23/h1-7,14H,8-13H2,(H,22,24). The second-order valence-electron chi connectivity index (χ2n) is 6.69. The first kappa shape index (κ1) is 16.4. The van der Waals surface area contributed by atoms with Gasteiger partial charge in [0.2, 0.25) is 5.91 Å². The van der Waals surface area contributed by atoms with Gasteiger partial charge in [-0.3, -0.25) is 4.79 Å². The van der Waals surface area contributed by atoms with Crippen molar-refractivity contribution in [1.82, 2.24) is 0 Å². The Balaban J connectivity index is 1.46. The zero-order valence-corrected chi connectivity index (χ0v) is 14.8. The van der Waals surface area contributed by atoms with Crippen molar-refractivity contribution < 1.29 is 9.53 Å². The Hall–Kier alpha value is -2.04. The molecule has 1 aliphatic carbocycles. The third-order valence-electron chi connectivity index (χ3n) is 5.06. The second-order valence-corrected chi connectivity index (χ2v) is 7.13. The number of nitrogens with one attached hydrogen (secondary N) is 1. The van der Waals surface area contributed by atoms with Gasteiger partial charge in [-0.15, -0.1) is 0 Å². The van der Waals surface area contributed by atoms with Crippen LogP contribution in [0.4, 0.5) is 11.4 Å². The second kappa shape index (κ2) is 6.70. The van der Waals surface area contributed by atoms with Crippen molar-refractivity contribution in [3.63, 3.8) is 0 Å². The smallest absolute Gasteiger partial charge is 0.235 e. The highest BCUT2D eigenvalue weighted by molar-refractivity contribution is 6.30. The number of halogens is 1. The van der Waals surface area contributed by atoms with Gasteiger partial charge < -0.3 is 15.0 Å². The summed E-state index contributed by atoms with van der Waals surface area (Å²) >= 11 is 6.09.